The number of aromatic nitrogens is 1. The Bertz CT molecular complexity index is 791. The molecule has 0 aliphatic rings. The van der Waals surface area contributed by atoms with Crippen molar-refractivity contribution in [3.05, 3.63) is 63.1 Å². The second kappa shape index (κ2) is 6.91. The lowest BCUT2D eigenvalue weighted by molar-refractivity contribution is 0.0525. The molecule has 1 aromatic heterocycles. The summed E-state index contributed by atoms with van der Waals surface area (Å²) in [7, 11) is 0. The quantitative estimate of drug-likeness (QED) is 0.848. The van der Waals surface area contributed by atoms with E-state index in [0.29, 0.717) is 11.4 Å². The second-order valence-electron chi connectivity index (χ2n) is 5.09. The first-order chi connectivity index (χ1) is 10.9. The Kier molecular flexibility index (Phi) is 4.95. The van der Waals surface area contributed by atoms with E-state index in [1.165, 1.54) is 6.07 Å². The summed E-state index contributed by atoms with van der Waals surface area (Å²) in [6.07, 6.45) is 0. The highest BCUT2D eigenvalue weighted by molar-refractivity contribution is 6.05. The fraction of sp³-hybridized carbons (Fsp3) is 0.235. The van der Waals surface area contributed by atoms with Crippen molar-refractivity contribution in [2.24, 2.45) is 0 Å². The van der Waals surface area contributed by atoms with Crippen LogP contribution in [0.4, 0.5) is 5.69 Å². The van der Waals surface area contributed by atoms with Crippen LogP contribution in [0, 0.1) is 13.8 Å². The van der Waals surface area contributed by atoms with Crippen LogP contribution in [-0.4, -0.2) is 23.5 Å². The van der Waals surface area contributed by atoms with Crippen molar-refractivity contribution >= 4 is 17.6 Å². The summed E-state index contributed by atoms with van der Waals surface area (Å²) in [6, 6.07) is 8.43. The number of anilines is 1. The number of H-pyrrole nitrogens is 1. The molecule has 0 saturated carbocycles. The molecule has 0 aliphatic heterocycles. The fourth-order valence-electron chi connectivity index (χ4n) is 2.05. The van der Waals surface area contributed by atoms with E-state index in [1.54, 1.807) is 26.0 Å². The minimum atomic E-state index is -0.583. The van der Waals surface area contributed by atoms with Crippen LogP contribution < -0.4 is 10.9 Å². The molecule has 2 rings (SSSR count). The number of aryl methyl sites for hydroxylation is 2. The Labute approximate surface area is 133 Å². The van der Waals surface area contributed by atoms with Crippen LogP contribution >= 0.6 is 0 Å². The van der Waals surface area contributed by atoms with E-state index in [9.17, 15) is 14.4 Å². The lowest BCUT2D eigenvalue weighted by Gasteiger charge is -2.09. The molecule has 0 unspecified atom stereocenters. The summed E-state index contributed by atoms with van der Waals surface area (Å²) in [5.41, 5.74) is 1.46. The van der Waals surface area contributed by atoms with Gasteiger partial charge in [-0.3, -0.25) is 9.59 Å². The minimum absolute atomic E-state index is 0.140. The van der Waals surface area contributed by atoms with Crippen LogP contribution in [0.25, 0.3) is 0 Å². The van der Waals surface area contributed by atoms with Gasteiger partial charge in [0.15, 0.2) is 0 Å². The number of carbonyl (C=O) groups excluding carboxylic acids is 2. The van der Waals surface area contributed by atoms with Gasteiger partial charge in [0.05, 0.1) is 12.2 Å². The van der Waals surface area contributed by atoms with Gasteiger partial charge in [-0.15, -0.1) is 0 Å². The van der Waals surface area contributed by atoms with Gasteiger partial charge in [-0.1, -0.05) is 17.7 Å². The number of carbonyl (C=O) groups is 2. The standard InChI is InChI=1S/C17H18N2O4/c1-4-23-17(22)13-9-14(15(20)18-11(13)3)16(21)19-12-7-5-10(2)6-8-12/h5-9H,4H2,1-3H3,(H,18,20)(H,19,21). The third kappa shape index (κ3) is 3.85. The third-order valence-electron chi connectivity index (χ3n) is 3.29. The van der Waals surface area contributed by atoms with E-state index in [2.05, 4.69) is 10.3 Å². The Morgan fingerprint density at radius 2 is 1.78 bits per heavy atom. The predicted octanol–water partition coefficient (Wildman–Crippen LogP) is 2.42. The van der Waals surface area contributed by atoms with E-state index in [4.69, 9.17) is 4.74 Å². The molecular formula is C17H18N2O4. The van der Waals surface area contributed by atoms with Crippen LogP contribution in [0.2, 0.25) is 0 Å². The largest absolute Gasteiger partial charge is 0.462 e. The zero-order valence-corrected chi connectivity index (χ0v) is 13.2. The van der Waals surface area contributed by atoms with Crippen molar-refractivity contribution in [3.63, 3.8) is 0 Å². The Balaban J connectivity index is 2.32. The number of rotatable bonds is 4. The van der Waals surface area contributed by atoms with Gasteiger partial charge in [0.25, 0.3) is 11.5 Å². The highest BCUT2D eigenvalue weighted by Gasteiger charge is 2.18. The third-order valence-corrected chi connectivity index (χ3v) is 3.29. The van der Waals surface area contributed by atoms with Crippen LogP contribution in [0.15, 0.2) is 35.1 Å². The number of hydrogen-bond acceptors (Lipinski definition) is 4. The molecule has 23 heavy (non-hydrogen) atoms. The van der Waals surface area contributed by atoms with E-state index in [1.807, 2.05) is 19.1 Å². The molecular weight excluding hydrogens is 296 g/mol. The molecule has 6 nitrogen and oxygen atoms in total. The maximum Gasteiger partial charge on any atom is 0.339 e. The van der Waals surface area contributed by atoms with Gasteiger partial charge < -0.3 is 15.0 Å². The van der Waals surface area contributed by atoms with Crippen LogP contribution in [0.5, 0.6) is 0 Å². The van der Waals surface area contributed by atoms with Gasteiger partial charge in [0.1, 0.15) is 5.56 Å². The Morgan fingerprint density at radius 1 is 1.13 bits per heavy atom. The van der Waals surface area contributed by atoms with Crippen LogP contribution in [-0.2, 0) is 4.74 Å². The van der Waals surface area contributed by atoms with Crippen LogP contribution in [0.3, 0.4) is 0 Å². The van der Waals surface area contributed by atoms with Crippen molar-refractivity contribution in [1.29, 1.82) is 0 Å². The highest BCUT2D eigenvalue weighted by Crippen LogP contribution is 2.12. The number of benzene rings is 1. The number of aromatic amines is 1. The Morgan fingerprint density at radius 3 is 2.39 bits per heavy atom. The molecule has 1 aromatic carbocycles. The molecule has 2 aromatic rings. The fourth-order valence-corrected chi connectivity index (χ4v) is 2.05. The molecule has 0 radical (unpaired) electrons. The minimum Gasteiger partial charge on any atom is -0.462 e. The van der Waals surface area contributed by atoms with Gasteiger partial charge in [0.2, 0.25) is 0 Å². The van der Waals surface area contributed by atoms with Gasteiger partial charge in [-0.2, -0.15) is 0 Å². The smallest absolute Gasteiger partial charge is 0.339 e. The molecule has 0 saturated heterocycles. The monoisotopic (exact) mass is 314 g/mol. The maximum atomic E-state index is 12.3. The summed E-state index contributed by atoms with van der Waals surface area (Å²) >= 11 is 0. The lowest BCUT2D eigenvalue weighted by atomic mass is 10.1. The van der Waals surface area contributed by atoms with Gasteiger partial charge in [-0.25, -0.2) is 4.79 Å². The zero-order chi connectivity index (χ0) is 17.0. The van der Waals surface area contributed by atoms with Crippen molar-refractivity contribution in [2.45, 2.75) is 20.8 Å². The van der Waals surface area contributed by atoms with Crippen molar-refractivity contribution < 1.29 is 14.3 Å². The number of esters is 1. The first-order valence-corrected chi connectivity index (χ1v) is 7.21. The molecule has 0 spiro atoms. The average molecular weight is 314 g/mol. The molecule has 1 heterocycles. The van der Waals surface area contributed by atoms with E-state index in [0.717, 1.165) is 5.56 Å². The molecule has 6 heteroatoms. The number of pyridine rings is 1. The van der Waals surface area contributed by atoms with E-state index >= 15 is 0 Å². The first-order valence-electron chi connectivity index (χ1n) is 7.21. The van der Waals surface area contributed by atoms with E-state index in [-0.39, 0.29) is 17.7 Å². The lowest BCUT2D eigenvalue weighted by Crippen LogP contribution is -2.25. The molecule has 120 valence electrons. The summed E-state index contributed by atoms with van der Waals surface area (Å²) in [5, 5.41) is 2.63. The van der Waals surface area contributed by atoms with Crippen molar-refractivity contribution in [3.8, 4) is 0 Å². The number of hydrogen-bond donors (Lipinski definition) is 2. The predicted molar refractivity (Wildman–Crippen MR) is 86.9 cm³/mol. The van der Waals surface area contributed by atoms with Gasteiger partial charge >= 0.3 is 5.97 Å². The zero-order valence-electron chi connectivity index (χ0n) is 13.2. The number of nitrogens with one attached hydrogen (secondary N) is 2. The number of amides is 1. The second-order valence-corrected chi connectivity index (χ2v) is 5.09. The summed E-state index contributed by atoms with van der Waals surface area (Å²) < 4.78 is 4.92. The van der Waals surface area contributed by atoms with Crippen molar-refractivity contribution in [2.75, 3.05) is 11.9 Å². The molecule has 2 N–H and O–H groups in total. The van der Waals surface area contributed by atoms with Crippen molar-refractivity contribution in [1.82, 2.24) is 4.98 Å². The summed E-state index contributed by atoms with van der Waals surface area (Å²) in [5.74, 6) is -1.16. The molecule has 0 fully saturated rings. The topological polar surface area (TPSA) is 88.3 Å². The van der Waals surface area contributed by atoms with Gasteiger partial charge in [-0.05, 0) is 39.0 Å². The summed E-state index contributed by atoms with van der Waals surface area (Å²) in [6.45, 7) is 5.41. The van der Waals surface area contributed by atoms with Crippen LogP contribution in [0.1, 0.15) is 38.9 Å². The summed E-state index contributed by atoms with van der Waals surface area (Å²) in [4.78, 5) is 38.6. The highest BCUT2D eigenvalue weighted by atomic mass is 16.5. The Hall–Kier alpha value is -2.89. The van der Waals surface area contributed by atoms with E-state index < -0.39 is 17.4 Å². The molecule has 0 atom stereocenters. The van der Waals surface area contributed by atoms with Gasteiger partial charge in [0, 0.05) is 11.4 Å². The average Bonchev–Trinajstić information content (AvgIpc) is 2.49. The first kappa shape index (κ1) is 16.5. The maximum absolute atomic E-state index is 12.3. The number of ether oxygens (including phenoxy) is 1. The molecule has 0 bridgehead atoms. The molecule has 1 amide bonds. The normalized spacial score (nSPS) is 10.2. The molecule has 0 aliphatic carbocycles. The SMILES string of the molecule is CCOC(=O)c1cc(C(=O)Nc2ccc(C)cc2)c(=O)[nH]c1C.